The van der Waals surface area contributed by atoms with Crippen molar-refractivity contribution in [3.05, 3.63) is 64.7 Å². The van der Waals surface area contributed by atoms with Crippen LogP contribution in [0.1, 0.15) is 28.3 Å². The second-order valence-electron chi connectivity index (χ2n) is 4.34. The van der Waals surface area contributed by atoms with Crippen LogP contribution in [0.25, 0.3) is 0 Å². The second kappa shape index (κ2) is 5.25. The Balaban J connectivity index is 2.45. The Morgan fingerprint density at radius 3 is 2.61 bits per heavy atom. The van der Waals surface area contributed by atoms with Crippen LogP contribution in [0.2, 0.25) is 0 Å². The number of nitrogens with one attached hydrogen (secondary N) is 1. The lowest BCUT2D eigenvalue weighted by Crippen LogP contribution is -2.29. The highest BCUT2D eigenvalue weighted by molar-refractivity contribution is 5.36. The number of halogens is 1. The van der Waals surface area contributed by atoms with Crippen molar-refractivity contribution in [1.29, 1.82) is 0 Å². The van der Waals surface area contributed by atoms with Gasteiger partial charge in [-0.25, -0.2) is 9.82 Å². The SMILES string of the molecule is Cc1ccc(C(NN)c2cnccc2C)cc1F. The molecule has 0 saturated heterocycles. The van der Waals surface area contributed by atoms with E-state index in [1.54, 1.807) is 25.4 Å². The summed E-state index contributed by atoms with van der Waals surface area (Å²) < 4.78 is 13.6. The first kappa shape index (κ1) is 12.7. The van der Waals surface area contributed by atoms with Crippen molar-refractivity contribution in [3.63, 3.8) is 0 Å². The molecule has 0 aliphatic carbocycles. The number of rotatable bonds is 3. The van der Waals surface area contributed by atoms with E-state index < -0.39 is 0 Å². The Bertz CT molecular complexity index is 554. The van der Waals surface area contributed by atoms with Crippen LogP contribution < -0.4 is 11.3 Å². The maximum Gasteiger partial charge on any atom is 0.126 e. The Labute approximate surface area is 106 Å². The normalized spacial score (nSPS) is 12.4. The van der Waals surface area contributed by atoms with E-state index in [9.17, 15) is 4.39 Å². The number of nitrogens with two attached hydrogens (primary N) is 1. The van der Waals surface area contributed by atoms with Crippen LogP contribution >= 0.6 is 0 Å². The van der Waals surface area contributed by atoms with Gasteiger partial charge in [-0.1, -0.05) is 12.1 Å². The number of hydrogen-bond acceptors (Lipinski definition) is 3. The van der Waals surface area contributed by atoms with E-state index in [0.717, 1.165) is 16.7 Å². The average Bonchev–Trinajstić information content (AvgIpc) is 2.37. The molecule has 1 aromatic heterocycles. The lowest BCUT2D eigenvalue weighted by atomic mass is 9.96. The molecule has 0 aliphatic rings. The first-order chi connectivity index (χ1) is 8.63. The fourth-order valence-corrected chi connectivity index (χ4v) is 1.93. The molecule has 0 spiro atoms. The molecule has 3 N–H and O–H groups in total. The molecule has 1 heterocycles. The minimum atomic E-state index is -0.256. The van der Waals surface area contributed by atoms with Gasteiger partial charge in [-0.05, 0) is 48.2 Å². The van der Waals surface area contributed by atoms with E-state index in [1.807, 2.05) is 19.1 Å². The van der Waals surface area contributed by atoms with E-state index in [0.29, 0.717) is 5.56 Å². The Morgan fingerprint density at radius 1 is 1.22 bits per heavy atom. The van der Waals surface area contributed by atoms with E-state index in [4.69, 9.17) is 5.84 Å². The molecular formula is C14H16FN3. The standard InChI is InChI=1S/C14H16FN3/c1-9-5-6-17-8-12(9)14(18-16)11-4-3-10(2)13(15)7-11/h3-8,14,18H,16H2,1-2H3. The molecule has 3 nitrogen and oxygen atoms in total. The summed E-state index contributed by atoms with van der Waals surface area (Å²) in [5.41, 5.74) is 6.14. The van der Waals surface area contributed by atoms with Crippen molar-refractivity contribution in [2.75, 3.05) is 0 Å². The molecule has 1 atom stereocenters. The first-order valence-corrected chi connectivity index (χ1v) is 5.76. The quantitative estimate of drug-likeness (QED) is 0.645. The smallest absolute Gasteiger partial charge is 0.126 e. The highest BCUT2D eigenvalue weighted by Crippen LogP contribution is 2.24. The first-order valence-electron chi connectivity index (χ1n) is 5.76. The van der Waals surface area contributed by atoms with E-state index in [1.165, 1.54) is 6.07 Å². The molecule has 1 aromatic carbocycles. The van der Waals surface area contributed by atoms with Gasteiger partial charge in [0, 0.05) is 12.4 Å². The molecule has 2 aromatic rings. The third-order valence-corrected chi connectivity index (χ3v) is 3.09. The summed E-state index contributed by atoms with van der Waals surface area (Å²) in [6.45, 7) is 3.71. The van der Waals surface area contributed by atoms with Gasteiger partial charge < -0.3 is 0 Å². The zero-order valence-corrected chi connectivity index (χ0v) is 10.4. The Morgan fingerprint density at radius 2 is 2.00 bits per heavy atom. The van der Waals surface area contributed by atoms with Crippen molar-refractivity contribution >= 4 is 0 Å². The Hall–Kier alpha value is -1.78. The summed E-state index contributed by atoms with van der Waals surface area (Å²) in [5, 5.41) is 0. The molecule has 0 fully saturated rings. The summed E-state index contributed by atoms with van der Waals surface area (Å²) in [4.78, 5) is 4.09. The van der Waals surface area contributed by atoms with Gasteiger partial charge in [0.05, 0.1) is 6.04 Å². The van der Waals surface area contributed by atoms with Gasteiger partial charge in [0.2, 0.25) is 0 Å². The Kier molecular flexibility index (Phi) is 3.69. The van der Waals surface area contributed by atoms with Crippen LogP contribution in [-0.4, -0.2) is 4.98 Å². The molecule has 18 heavy (non-hydrogen) atoms. The van der Waals surface area contributed by atoms with Crippen LogP contribution in [0.5, 0.6) is 0 Å². The maximum absolute atomic E-state index is 13.6. The van der Waals surface area contributed by atoms with Crippen molar-refractivity contribution in [2.45, 2.75) is 19.9 Å². The summed E-state index contributed by atoms with van der Waals surface area (Å²) in [5.74, 6) is 5.37. The van der Waals surface area contributed by atoms with Gasteiger partial charge in [-0.15, -0.1) is 0 Å². The molecule has 0 radical (unpaired) electrons. The molecule has 0 amide bonds. The van der Waals surface area contributed by atoms with Gasteiger partial charge in [0.1, 0.15) is 5.82 Å². The number of aromatic nitrogens is 1. The van der Waals surface area contributed by atoms with E-state index >= 15 is 0 Å². The number of aryl methyl sites for hydroxylation is 2. The van der Waals surface area contributed by atoms with Crippen LogP contribution in [-0.2, 0) is 0 Å². The summed E-state index contributed by atoms with van der Waals surface area (Å²) in [6, 6.07) is 6.78. The molecule has 4 heteroatoms. The number of benzene rings is 1. The van der Waals surface area contributed by atoms with Gasteiger partial charge in [-0.2, -0.15) is 0 Å². The molecule has 1 unspecified atom stereocenters. The largest absolute Gasteiger partial charge is 0.271 e. The van der Waals surface area contributed by atoms with Crippen molar-refractivity contribution < 1.29 is 4.39 Å². The molecule has 0 saturated carbocycles. The zero-order valence-electron chi connectivity index (χ0n) is 10.4. The number of hydrogen-bond donors (Lipinski definition) is 2. The minimum absolute atomic E-state index is 0.228. The lowest BCUT2D eigenvalue weighted by Gasteiger charge is -2.18. The summed E-state index contributed by atoms with van der Waals surface area (Å²) >= 11 is 0. The predicted molar refractivity (Wildman–Crippen MR) is 69.3 cm³/mol. The maximum atomic E-state index is 13.6. The van der Waals surface area contributed by atoms with Crippen LogP contribution in [0.4, 0.5) is 4.39 Å². The fourth-order valence-electron chi connectivity index (χ4n) is 1.93. The van der Waals surface area contributed by atoms with E-state index in [2.05, 4.69) is 10.4 Å². The van der Waals surface area contributed by atoms with Crippen LogP contribution in [0.3, 0.4) is 0 Å². The number of hydrazine groups is 1. The zero-order chi connectivity index (χ0) is 13.1. The molecule has 2 rings (SSSR count). The third kappa shape index (κ3) is 2.39. The predicted octanol–water partition coefficient (Wildman–Crippen LogP) is 2.39. The van der Waals surface area contributed by atoms with Crippen LogP contribution in [0, 0.1) is 19.7 Å². The van der Waals surface area contributed by atoms with E-state index in [-0.39, 0.29) is 11.9 Å². The van der Waals surface area contributed by atoms with Gasteiger partial charge in [0.25, 0.3) is 0 Å². The summed E-state index contributed by atoms with van der Waals surface area (Å²) in [7, 11) is 0. The lowest BCUT2D eigenvalue weighted by molar-refractivity contribution is 0.597. The number of nitrogens with zero attached hydrogens (tertiary/aromatic N) is 1. The van der Waals surface area contributed by atoms with Crippen molar-refractivity contribution in [3.8, 4) is 0 Å². The second-order valence-corrected chi connectivity index (χ2v) is 4.34. The highest BCUT2D eigenvalue weighted by Gasteiger charge is 2.15. The van der Waals surface area contributed by atoms with Crippen molar-refractivity contribution in [2.24, 2.45) is 5.84 Å². The minimum Gasteiger partial charge on any atom is -0.271 e. The van der Waals surface area contributed by atoms with Gasteiger partial charge >= 0.3 is 0 Å². The topological polar surface area (TPSA) is 50.9 Å². The molecule has 94 valence electrons. The number of pyridine rings is 1. The third-order valence-electron chi connectivity index (χ3n) is 3.09. The molecule has 0 bridgehead atoms. The van der Waals surface area contributed by atoms with Crippen molar-refractivity contribution in [1.82, 2.24) is 10.4 Å². The monoisotopic (exact) mass is 245 g/mol. The van der Waals surface area contributed by atoms with Crippen LogP contribution in [0.15, 0.2) is 36.7 Å². The summed E-state index contributed by atoms with van der Waals surface area (Å²) in [6.07, 6.45) is 3.47. The molecule has 0 aliphatic heterocycles. The van der Waals surface area contributed by atoms with Gasteiger partial charge in [-0.3, -0.25) is 10.8 Å². The fraction of sp³-hybridized carbons (Fsp3) is 0.214. The van der Waals surface area contributed by atoms with Gasteiger partial charge in [0.15, 0.2) is 0 Å². The highest BCUT2D eigenvalue weighted by atomic mass is 19.1. The average molecular weight is 245 g/mol. The molecular weight excluding hydrogens is 229 g/mol.